The maximum atomic E-state index is 12.4. The van der Waals surface area contributed by atoms with Crippen LogP contribution in [0.4, 0.5) is 8.78 Å². The van der Waals surface area contributed by atoms with Crippen LogP contribution < -0.4 is 4.72 Å². The number of hydrogen-bond donors (Lipinski definition) is 1. The van der Waals surface area contributed by atoms with Gasteiger partial charge >= 0.3 is 0 Å². The number of benzene rings is 1. The Morgan fingerprint density at radius 1 is 1.09 bits per heavy atom. The third-order valence-corrected chi connectivity index (χ3v) is 4.24. The molecule has 0 fully saturated rings. The van der Waals surface area contributed by atoms with Gasteiger partial charge in [-0.2, -0.15) is 0 Å². The van der Waals surface area contributed by atoms with Crippen molar-refractivity contribution in [2.24, 2.45) is 0 Å². The standard InChI is InChI=1S/C14H15F2N3O2S/c15-14(16)12-4-2-11(3-5-12)10-22(20,21)19-9-6-13-17-7-1-8-18-13/h1-5,7-8,14,19H,6,9-10H2. The molecule has 118 valence electrons. The maximum absolute atomic E-state index is 12.4. The molecule has 1 N–H and O–H groups in total. The Morgan fingerprint density at radius 2 is 1.73 bits per heavy atom. The quantitative estimate of drug-likeness (QED) is 0.845. The minimum atomic E-state index is -3.53. The predicted octanol–water partition coefficient (Wildman–Crippen LogP) is 2.08. The molecule has 0 amide bonds. The van der Waals surface area contributed by atoms with Crippen molar-refractivity contribution in [2.75, 3.05) is 6.54 Å². The Labute approximate surface area is 127 Å². The van der Waals surface area contributed by atoms with Crippen molar-refractivity contribution >= 4 is 10.0 Å². The topological polar surface area (TPSA) is 72.0 Å². The minimum Gasteiger partial charge on any atom is -0.241 e. The van der Waals surface area contributed by atoms with Crippen molar-refractivity contribution in [1.29, 1.82) is 0 Å². The van der Waals surface area contributed by atoms with Crippen LogP contribution in [0.1, 0.15) is 23.4 Å². The second-order valence-electron chi connectivity index (χ2n) is 4.61. The van der Waals surface area contributed by atoms with E-state index in [1.54, 1.807) is 18.5 Å². The fourth-order valence-electron chi connectivity index (χ4n) is 1.81. The van der Waals surface area contributed by atoms with Crippen molar-refractivity contribution in [3.8, 4) is 0 Å². The highest BCUT2D eigenvalue weighted by molar-refractivity contribution is 7.88. The summed E-state index contributed by atoms with van der Waals surface area (Å²) >= 11 is 0. The molecule has 1 heterocycles. The van der Waals surface area contributed by atoms with Crippen molar-refractivity contribution in [1.82, 2.24) is 14.7 Å². The predicted molar refractivity (Wildman–Crippen MR) is 77.8 cm³/mol. The van der Waals surface area contributed by atoms with Gasteiger partial charge in [-0.05, 0) is 11.6 Å². The highest BCUT2D eigenvalue weighted by atomic mass is 32.2. The maximum Gasteiger partial charge on any atom is 0.263 e. The molecule has 5 nitrogen and oxygen atoms in total. The van der Waals surface area contributed by atoms with Gasteiger partial charge in [0.25, 0.3) is 6.43 Å². The van der Waals surface area contributed by atoms with Gasteiger partial charge < -0.3 is 0 Å². The molecule has 2 rings (SSSR count). The first-order chi connectivity index (χ1) is 10.5. The van der Waals surface area contributed by atoms with Crippen molar-refractivity contribution in [3.05, 3.63) is 59.7 Å². The number of sulfonamides is 1. The van der Waals surface area contributed by atoms with Gasteiger partial charge in [-0.3, -0.25) is 0 Å². The Hall–Kier alpha value is -1.93. The number of aromatic nitrogens is 2. The number of halogens is 2. The molecule has 0 saturated heterocycles. The Balaban J connectivity index is 1.88. The fourth-order valence-corrected chi connectivity index (χ4v) is 2.95. The summed E-state index contributed by atoms with van der Waals surface area (Å²) in [6.07, 6.45) is 0.988. The molecule has 8 heteroatoms. The molecule has 0 aliphatic heterocycles. The summed E-state index contributed by atoms with van der Waals surface area (Å²) in [7, 11) is -3.53. The summed E-state index contributed by atoms with van der Waals surface area (Å²) in [6.45, 7) is 0.182. The molecule has 22 heavy (non-hydrogen) atoms. The van der Waals surface area contributed by atoms with E-state index in [0.29, 0.717) is 17.8 Å². The van der Waals surface area contributed by atoms with E-state index in [1.807, 2.05) is 0 Å². The zero-order valence-electron chi connectivity index (χ0n) is 11.6. The zero-order chi connectivity index (χ0) is 16.0. The van der Waals surface area contributed by atoms with Crippen LogP contribution in [0, 0.1) is 0 Å². The first-order valence-corrected chi connectivity index (χ1v) is 8.22. The number of alkyl halides is 2. The molecule has 1 aromatic carbocycles. The van der Waals surface area contributed by atoms with Crippen molar-refractivity contribution < 1.29 is 17.2 Å². The van der Waals surface area contributed by atoms with E-state index >= 15 is 0 Å². The first-order valence-electron chi connectivity index (χ1n) is 6.56. The highest BCUT2D eigenvalue weighted by Crippen LogP contribution is 2.19. The van der Waals surface area contributed by atoms with Crippen LogP contribution in [0.25, 0.3) is 0 Å². The highest BCUT2D eigenvalue weighted by Gasteiger charge is 2.12. The summed E-state index contributed by atoms with van der Waals surface area (Å²) in [5.74, 6) is 0.290. The number of hydrogen-bond acceptors (Lipinski definition) is 4. The summed E-state index contributed by atoms with van der Waals surface area (Å²) in [4.78, 5) is 7.98. The Kier molecular flexibility index (Phi) is 5.51. The normalized spacial score (nSPS) is 11.8. The number of nitrogens with zero attached hydrogens (tertiary/aromatic N) is 2. The summed E-state index contributed by atoms with van der Waals surface area (Å²) in [6, 6.07) is 6.92. The van der Waals surface area contributed by atoms with Gasteiger partial charge in [0, 0.05) is 30.9 Å². The van der Waals surface area contributed by atoms with E-state index in [9.17, 15) is 17.2 Å². The zero-order valence-corrected chi connectivity index (χ0v) is 12.4. The van der Waals surface area contributed by atoms with Gasteiger partial charge in [0.05, 0.1) is 5.75 Å². The van der Waals surface area contributed by atoms with Crippen LogP contribution in [0.15, 0.2) is 42.7 Å². The molecule has 0 radical (unpaired) electrons. The first kappa shape index (κ1) is 16.4. The van der Waals surface area contributed by atoms with Crippen LogP contribution in [-0.4, -0.2) is 24.9 Å². The monoisotopic (exact) mass is 327 g/mol. The molecule has 0 bridgehead atoms. The summed E-state index contributed by atoms with van der Waals surface area (Å²) in [5, 5.41) is 0. The second-order valence-corrected chi connectivity index (χ2v) is 6.42. The molecule has 2 aromatic rings. The molecule has 0 aliphatic rings. The Morgan fingerprint density at radius 3 is 2.32 bits per heavy atom. The molecule has 0 saturated carbocycles. The van der Waals surface area contributed by atoms with Crippen LogP contribution in [-0.2, 0) is 22.2 Å². The molecule has 1 aromatic heterocycles. The second kappa shape index (κ2) is 7.37. The molecular weight excluding hydrogens is 312 g/mol. The van der Waals surface area contributed by atoms with Crippen LogP contribution >= 0.6 is 0 Å². The molecular formula is C14H15F2N3O2S. The lowest BCUT2D eigenvalue weighted by Gasteiger charge is -2.07. The van der Waals surface area contributed by atoms with E-state index in [-0.39, 0.29) is 17.9 Å². The van der Waals surface area contributed by atoms with Crippen LogP contribution in [0.3, 0.4) is 0 Å². The fraction of sp³-hybridized carbons (Fsp3) is 0.286. The average molecular weight is 327 g/mol. The van der Waals surface area contributed by atoms with Gasteiger partial charge in [0.15, 0.2) is 0 Å². The van der Waals surface area contributed by atoms with Gasteiger partial charge in [-0.25, -0.2) is 31.9 Å². The van der Waals surface area contributed by atoms with Crippen molar-refractivity contribution in [3.63, 3.8) is 0 Å². The molecule has 0 aliphatic carbocycles. The van der Waals surface area contributed by atoms with E-state index in [2.05, 4.69) is 14.7 Å². The van der Waals surface area contributed by atoms with Gasteiger partial charge in [0.2, 0.25) is 10.0 Å². The van der Waals surface area contributed by atoms with Gasteiger partial charge in [-0.1, -0.05) is 24.3 Å². The lowest BCUT2D eigenvalue weighted by atomic mass is 10.2. The van der Waals surface area contributed by atoms with Crippen LogP contribution in [0.2, 0.25) is 0 Å². The SMILES string of the molecule is O=S(=O)(Cc1ccc(C(F)F)cc1)NCCc1ncccn1. The lowest BCUT2D eigenvalue weighted by Crippen LogP contribution is -2.27. The molecule has 0 atom stereocenters. The summed E-state index contributed by atoms with van der Waals surface area (Å²) in [5.41, 5.74) is 0.322. The number of rotatable bonds is 7. The largest absolute Gasteiger partial charge is 0.263 e. The summed E-state index contributed by atoms with van der Waals surface area (Å²) < 4.78 is 51.1. The third kappa shape index (κ3) is 5.12. The van der Waals surface area contributed by atoms with E-state index in [1.165, 1.54) is 24.3 Å². The Bertz CT molecular complexity index is 692. The van der Waals surface area contributed by atoms with E-state index < -0.39 is 16.4 Å². The average Bonchev–Trinajstić information content (AvgIpc) is 2.48. The van der Waals surface area contributed by atoms with Gasteiger partial charge in [-0.15, -0.1) is 0 Å². The van der Waals surface area contributed by atoms with Crippen LogP contribution in [0.5, 0.6) is 0 Å². The molecule has 0 spiro atoms. The van der Waals surface area contributed by atoms with E-state index in [4.69, 9.17) is 0 Å². The van der Waals surface area contributed by atoms with Crippen molar-refractivity contribution in [2.45, 2.75) is 18.6 Å². The minimum absolute atomic E-state index is 0.129. The van der Waals surface area contributed by atoms with E-state index in [0.717, 1.165) is 0 Å². The smallest absolute Gasteiger partial charge is 0.241 e. The lowest BCUT2D eigenvalue weighted by molar-refractivity contribution is 0.151. The third-order valence-electron chi connectivity index (χ3n) is 2.88. The molecule has 0 unspecified atom stereocenters. The number of nitrogens with one attached hydrogen (secondary N) is 1. The van der Waals surface area contributed by atoms with Gasteiger partial charge in [0.1, 0.15) is 5.82 Å².